The lowest BCUT2D eigenvalue weighted by molar-refractivity contribution is 0.0995. The van der Waals surface area contributed by atoms with Crippen LogP contribution in [0.25, 0.3) is 28.3 Å². The van der Waals surface area contributed by atoms with E-state index in [1.165, 1.54) is 6.20 Å². The molecule has 0 aromatic carbocycles. The van der Waals surface area contributed by atoms with Crippen molar-refractivity contribution in [1.29, 1.82) is 0 Å². The van der Waals surface area contributed by atoms with Crippen LogP contribution in [-0.4, -0.2) is 41.2 Å². The maximum absolute atomic E-state index is 11.7. The Morgan fingerprint density at radius 1 is 1.29 bits per heavy atom. The first-order chi connectivity index (χ1) is 13.5. The van der Waals surface area contributed by atoms with Crippen molar-refractivity contribution in [2.75, 3.05) is 11.9 Å². The molecule has 0 fully saturated rings. The smallest absolute Gasteiger partial charge is 0.267 e. The molecule has 1 aliphatic heterocycles. The van der Waals surface area contributed by atoms with E-state index < -0.39 is 5.91 Å². The van der Waals surface area contributed by atoms with Crippen molar-refractivity contribution >= 4 is 17.5 Å². The Morgan fingerprint density at radius 2 is 2.14 bits per heavy atom. The van der Waals surface area contributed by atoms with Gasteiger partial charge in [0.05, 0.1) is 11.9 Å². The van der Waals surface area contributed by atoms with E-state index in [4.69, 9.17) is 15.8 Å². The molecule has 1 amide bonds. The van der Waals surface area contributed by atoms with Crippen LogP contribution in [0.5, 0.6) is 0 Å². The first kappa shape index (κ1) is 16.5. The van der Waals surface area contributed by atoms with E-state index in [1.807, 2.05) is 35.3 Å². The number of hydrogen-bond donors (Lipinski definition) is 2. The summed E-state index contributed by atoms with van der Waals surface area (Å²) in [5.74, 6) is 0.311. The predicted octanol–water partition coefficient (Wildman–Crippen LogP) is 2.17. The minimum absolute atomic E-state index is 0.269. The maximum atomic E-state index is 11.7. The van der Waals surface area contributed by atoms with E-state index in [2.05, 4.69) is 28.7 Å². The summed E-state index contributed by atoms with van der Waals surface area (Å²) in [5.41, 5.74) is 10.0. The second-order valence-corrected chi connectivity index (χ2v) is 7.14. The second-order valence-electron chi connectivity index (χ2n) is 7.14. The second kappa shape index (κ2) is 5.95. The van der Waals surface area contributed by atoms with Gasteiger partial charge in [0.25, 0.3) is 5.91 Å². The number of aromatic nitrogens is 6. The summed E-state index contributed by atoms with van der Waals surface area (Å²) < 4.78 is 5.78. The van der Waals surface area contributed by atoms with Crippen molar-refractivity contribution < 1.29 is 4.79 Å². The van der Waals surface area contributed by atoms with Crippen molar-refractivity contribution in [3.05, 3.63) is 42.5 Å². The Hall–Kier alpha value is -3.62. The van der Waals surface area contributed by atoms with Crippen LogP contribution < -0.4 is 11.1 Å². The summed E-state index contributed by atoms with van der Waals surface area (Å²) in [7, 11) is 0. The van der Waals surface area contributed by atoms with Crippen LogP contribution in [0.1, 0.15) is 30.4 Å². The number of nitrogens with one attached hydrogen (secondary N) is 1. The van der Waals surface area contributed by atoms with Crippen LogP contribution in [0.2, 0.25) is 0 Å². The SMILES string of the molecule is CC(C)n1ccc(-c2nc3n(c2-c2ccc4ncc(C(N)=O)n4c2)CCN3)n1. The molecular formula is C19H20N8O. The number of carbonyl (C=O) groups is 1. The zero-order chi connectivity index (χ0) is 19.4. The van der Waals surface area contributed by atoms with Crippen LogP contribution in [0, 0.1) is 0 Å². The standard InChI is InChI=1S/C19H20N8O/c1-11(2)27-7-5-13(24-27)16-17(25-8-6-21-19(25)23-16)12-3-4-15-22-9-14(18(20)28)26(15)10-12/h3-5,7,9-11H,6,8H2,1-2H3,(H2,20,28)(H,21,23). The van der Waals surface area contributed by atoms with Gasteiger partial charge in [-0.15, -0.1) is 0 Å². The van der Waals surface area contributed by atoms with Crippen LogP contribution >= 0.6 is 0 Å². The van der Waals surface area contributed by atoms with Crippen molar-refractivity contribution in [1.82, 2.24) is 28.7 Å². The largest absolute Gasteiger partial charge is 0.364 e. The van der Waals surface area contributed by atoms with E-state index in [0.29, 0.717) is 11.3 Å². The van der Waals surface area contributed by atoms with Gasteiger partial charge in [0.1, 0.15) is 22.7 Å². The van der Waals surface area contributed by atoms with E-state index in [0.717, 1.165) is 41.7 Å². The lowest BCUT2D eigenvalue weighted by Crippen LogP contribution is -2.13. The molecule has 0 saturated carbocycles. The zero-order valence-electron chi connectivity index (χ0n) is 15.6. The number of nitrogens with two attached hydrogens (primary N) is 1. The van der Waals surface area contributed by atoms with E-state index in [1.54, 1.807) is 4.40 Å². The summed E-state index contributed by atoms with van der Waals surface area (Å²) in [6.45, 7) is 5.82. The fourth-order valence-electron chi connectivity index (χ4n) is 3.61. The molecule has 4 aromatic heterocycles. The molecule has 5 heterocycles. The highest BCUT2D eigenvalue weighted by Gasteiger charge is 2.25. The Kier molecular flexibility index (Phi) is 3.51. The molecule has 0 unspecified atom stereocenters. The summed E-state index contributed by atoms with van der Waals surface area (Å²) in [4.78, 5) is 20.8. The first-order valence-corrected chi connectivity index (χ1v) is 9.20. The molecule has 0 radical (unpaired) electrons. The minimum atomic E-state index is -0.513. The van der Waals surface area contributed by atoms with Crippen LogP contribution in [0.4, 0.5) is 5.95 Å². The molecule has 0 spiro atoms. The van der Waals surface area contributed by atoms with E-state index in [9.17, 15) is 4.79 Å². The van der Waals surface area contributed by atoms with Crippen LogP contribution in [0.3, 0.4) is 0 Å². The number of rotatable bonds is 4. The Bertz CT molecular complexity index is 1210. The molecule has 0 atom stereocenters. The van der Waals surface area contributed by atoms with Gasteiger partial charge >= 0.3 is 0 Å². The predicted molar refractivity (Wildman–Crippen MR) is 105 cm³/mol. The number of fused-ring (bicyclic) bond motifs is 2. The van der Waals surface area contributed by atoms with Crippen LogP contribution in [0.15, 0.2) is 36.8 Å². The van der Waals surface area contributed by atoms with E-state index in [-0.39, 0.29) is 6.04 Å². The molecule has 5 rings (SSSR count). The number of primary amides is 1. The van der Waals surface area contributed by atoms with Gasteiger partial charge in [0.15, 0.2) is 0 Å². The van der Waals surface area contributed by atoms with Crippen LogP contribution in [-0.2, 0) is 6.54 Å². The number of pyridine rings is 1. The van der Waals surface area contributed by atoms with Crippen molar-refractivity contribution in [3.8, 4) is 22.6 Å². The number of hydrogen-bond acceptors (Lipinski definition) is 5. The molecule has 0 aliphatic carbocycles. The Labute approximate surface area is 160 Å². The third-order valence-electron chi connectivity index (χ3n) is 5.00. The Morgan fingerprint density at radius 3 is 2.89 bits per heavy atom. The topological polar surface area (TPSA) is 108 Å². The van der Waals surface area contributed by atoms with Gasteiger partial charge in [-0.2, -0.15) is 5.10 Å². The molecule has 4 aromatic rings. The molecule has 1 aliphatic rings. The van der Waals surface area contributed by atoms with E-state index >= 15 is 0 Å². The van der Waals surface area contributed by atoms with Crippen molar-refractivity contribution in [2.24, 2.45) is 5.73 Å². The molecule has 142 valence electrons. The first-order valence-electron chi connectivity index (χ1n) is 9.20. The average molecular weight is 376 g/mol. The van der Waals surface area contributed by atoms with Gasteiger partial charge in [0.2, 0.25) is 5.95 Å². The molecule has 9 heteroatoms. The molecule has 0 saturated heterocycles. The summed E-state index contributed by atoms with van der Waals surface area (Å²) in [5, 5.41) is 8.01. The molecular weight excluding hydrogens is 356 g/mol. The molecule has 0 bridgehead atoms. The van der Waals surface area contributed by atoms with Gasteiger partial charge in [-0.25, -0.2) is 9.97 Å². The lowest BCUT2D eigenvalue weighted by Gasteiger charge is -2.08. The number of anilines is 1. The minimum Gasteiger partial charge on any atom is -0.364 e. The number of nitrogens with zero attached hydrogens (tertiary/aromatic N) is 6. The lowest BCUT2D eigenvalue weighted by atomic mass is 10.1. The maximum Gasteiger partial charge on any atom is 0.267 e. The third-order valence-corrected chi connectivity index (χ3v) is 5.00. The normalized spacial score (nSPS) is 13.2. The summed E-state index contributed by atoms with van der Waals surface area (Å²) in [6, 6.07) is 6.11. The zero-order valence-corrected chi connectivity index (χ0v) is 15.6. The summed E-state index contributed by atoms with van der Waals surface area (Å²) >= 11 is 0. The number of carbonyl (C=O) groups excluding carboxylic acids is 1. The van der Waals surface area contributed by atoms with Gasteiger partial charge in [-0.1, -0.05) is 0 Å². The number of amides is 1. The fourth-order valence-corrected chi connectivity index (χ4v) is 3.61. The quantitative estimate of drug-likeness (QED) is 0.567. The third kappa shape index (κ3) is 2.39. The molecule has 9 nitrogen and oxygen atoms in total. The van der Waals surface area contributed by atoms with Crippen molar-refractivity contribution in [2.45, 2.75) is 26.4 Å². The summed E-state index contributed by atoms with van der Waals surface area (Å²) in [6.07, 6.45) is 5.34. The van der Waals surface area contributed by atoms with Gasteiger partial charge in [-0.05, 0) is 32.0 Å². The van der Waals surface area contributed by atoms with Gasteiger partial charge in [0, 0.05) is 37.1 Å². The number of imidazole rings is 2. The van der Waals surface area contributed by atoms with Gasteiger partial charge < -0.3 is 15.6 Å². The Balaban J connectivity index is 1.72. The molecule has 28 heavy (non-hydrogen) atoms. The fraction of sp³-hybridized carbons (Fsp3) is 0.263. The van der Waals surface area contributed by atoms with Crippen molar-refractivity contribution in [3.63, 3.8) is 0 Å². The highest BCUT2D eigenvalue weighted by molar-refractivity contribution is 5.92. The highest BCUT2D eigenvalue weighted by atomic mass is 16.1. The highest BCUT2D eigenvalue weighted by Crippen LogP contribution is 2.35. The molecule has 3 N–H and O–H groups in total. The monoisotopic (exact) mass is 376 g/mol. The van der Waals surface area contributed by atoms with Gasteiger partial charge in [-0.3, -0.25) is 13.9 Å². The average Bonchev–Trinajstić information content (AvgIpc) is 3.41.